The van der Waals surface area contributed by atoms with Crippen LogP contribution in [0.3, 0.4) is 0 Å². The molecular weight excluding hydrogens is 229 g/mol. The van der Waals surface area contributed by atoms with Crippen LogP contribution in [0.15, 0.2) is 12.3 Å². The van der Waals surface area contributed by atoms with Gasteiger partial charge < -0.3 is 5.32 Å². The fraction of sp³-hybridized carbons (Fsp3) is 0.786. The second kappa shape index (κ2) is 5.83. The van der Waals surface area contributed by atoms with Crippen molar-refractivity contribution >= 4 is 0 Å². The summed E-state index contributed by atoms with van der Waals surface area (Å²) in [5.74, 6) is 0. The third-order valence-electron chi connectivity index (χ3n) is 3.73. The first-order valence-electron chi connectivity index (χ1n) is 7.08. The molecule has 4 heteroatoms. The van der Waals surface area contributed by atoms with E-state index in [1.807, 2.05) is 10.7 Å². The van der Waals surface area contributed by atoms with Gasteiger partial charge in [-0.05, 0) is 38.8 Å². The topological polar surface area (TPSA) is 29.9 Å². The first-order valence-corrected chi connectivity index (χ1v) is 7.08. The predicted octanol–water partition coefficient (Wildman–Crippen LogP) is 3.01. The van der Waals surface area contributed by atoms with Crippen LogP contribution in [-0.4, -0.2) is 22.4 Å². The number of aryl methyl sites for hydroxylation is 1. The van der Waals surface area contributed by atoms with Crippen molar-refractivity contribution in [1.82, 2.24) is 15.1 Å². The van der Waals surface area contributed by atoms with Crippen molar-refractivity contribution in [3.63, 3.8) is 0 Å². The average molecular weight is 253 g/mol. The Kier molecular flexibility index (Phi) is 4.38. The first kappa shape index (κ1) is 13.5. The molecule has 1 aromatic rings. The van der Waals surface area contributed by atoms with E-state index >= 15 is 0 Å². The number of nitrogens with one attached hydrogen (secondary N) is 1. The quantitative estimate of drug-likeness (QED) is 0.874. The summed E-state index contributed by atoms with van der Waals surface area (Å²) in [7, 11) is 0. The van der Waals surface area contributed by atoms with Gasteiger partial charge in [-0.2, -0.15) is 5.10 Å². The van der Waals surface area contributed by atoms with Crippen LogP contribution in [0.1, 0.15) is 51.6 Å². The third kappa shape index (κ3) is 3.10. The van der Waals surface area contributed by atoms with Gasteiger partial charge in [0.1, 0.15) is 0 Å². The van der Waals surface area contributed by atoms with Gasteiger partial charge in [-0.1, -0.05) is 13.3 Å². The van der Waals surface area contributed by atoms with Crippen LogP contribution in [0.5, 0.6) is 0 Å². The Bertz CT molecular complexity index is 367. The summed E-state index contributed by atoms with van der Waals surface area (Å²) in [5, 5.41) is 7.64. The Hall–Kier alpha value is -0.900. The van der Waals surface area contributed by atoms with Gasteiger partial charge in [0.25, 0.3) is 0 Å². The van der Waals surface area contributed by atoms with Gasteiger partial charge in [-0.25, -0.2) is 4.39 Å². The minimum absolute atomic E-state index is 0.304. The number of halogens is 1. The second-order valence-corrected chi connectivity index (χ2v) is 5.49. The summed E-state index contributed by atoms with van der Waals surface area (Å²) >= 11 is 0. The van der Waals surface area contributed by atoms with Gasteiger partial charge in [0.05, 0.1) is 5.69 Å². The molecule has 1 fully saturated rings. The molecule has 0 aromatic carbocycles. The van der Waals surface area contributed by atoms with Crippen LogP contribution in [0, 0.1) is 0 Å². The highest BCUT2D eigenvalue weighted by Crippen LogP contribution is 2.32. The predicted molar refractivity (Wildman–Crippen MR) is 71.2 cm³/mol. The molecule has 102 valence electrons. The van der Waals surface area contributed by atoms with Crippen molar-refractivity contribution in [2.75, 3.05) is 6.54 Å². The number of aromatic nitrogens is 2. The van der Waals surface area contributed by atoms with Crippen LogP contribution < -0.4 is 5.32 Å². The van der Waals surface area contributed by atoms with E-state index in [1.54, 1.807) is 13.1 Å². The minimum Gasteiger partial charge on any atom is -0.314 e. The summed E-state index contributed by atoms with van der Waals surface area (Å²) in [6.07, 6.45) is 6.74. The highest BCUT2D eigenvalue weighted by molar-refractivity contribution is 5.11. The van der Waals surface area contributed by atoms with Crippen molar-refractivity contribution in [2.24, 2.45) is 0 Å². The molecule has 1 N–H and O–H groups in total. The van der Waals surface area contributed by atoms with Crippen molar-refractivity contribution in [2.45, 2.75) is 64.2 Å². The van der Waals surface area contributed by atoms with Crippen molar-refractivity contribution in [3.8, 4) is 0 Å². The van der Waals surface area contributed by atoms with Crippen LogP contribution in [0.2, 0.25) is 0 Å². The molecule has 1 aromatic heterocycles. The zero-order valence-corrected chi connectivity index (χ0v) is 11.5. The SMILES string of the molecule is CCCn1nccc1C(C)(F)CC1CCCCN1. The normalized spacial score (nSPS) is 23.8. The average Bonchev–Trinajstić information content (AvgIpc) is 2.79. The van der Waals surface area contributed by atoms with Crippen molar-refractivity contribution < 1.29 is 4.39 Å². The van der Waals surface area contributed by atoms with E-state index in [-0.39, 0.29) is 0 Å². The molecule has 1 aliphatic heterocycles. The summed E-state index contributed by atoms with van der Waals surface area (Å²) in [5.41, 5.74) is -0.572. The third-order valence-corrected chi connectivity index (χ3v) is 3.73. The molecule has 0 amide bonds. The zero-order valence-electron chi connectivity index (χ0n) is 11.5. The fourth-order valence-corrected chi connectivity index (χ4v) is 2.83. The van der Waals surface area contributed by atoms with Crippen molar-refractivity contribution in [3.05, 3.63) is 18.0 Å². The molecule has 3 nitrogen and oxygen atoms in total. The Morgan fingerprint density at radius 3 is 3.06 bits per heavy atom. The Morgan fingerprint density at radius 2 is 2.39 bits per heavy atom. The monoisotopic (exact) mass is 253 g/mol. The summed E-state index contributed by atoms with van der Waals surface area (Å²) < 4.78 is 16.7. The summed E-state index contributed by atoms with van der Waals surface area (Å²) in [6, 6.07) is 2.12. The van der Waals surface area contributed by atoms with E-state index < -0.39 is 5.67 Å². The lowest BCUT2D eigenvalue weighted by Crippen LogP contribution is -2.39. The number of hydrogen-bond acceptors (Lipinski definition) is 2. The molecule has 1 aliphatic rings. The maximum atomic E-state index is 14.9. The van der Waals surface area contributed by atoms with Gasteiger partial charge in [-0.3, -0.25) is 4.68 Å². The molecule has 2 unspecified atom stereocenters. The smallest absolute Gasteiger partial charge is 0.151 e. The maximum Gasteiger partial charge on any atom is 0.151 e. The van der Waals surface area contributed by atoms with Crippen LogP contribution in [-0.2, 0) is 12.2 Å². The first-order chi connectivity index (χ1) is 8.63. The largest absolute Gasteiger partial charge is 0.314 e. The molecule has 2 rings (SSSR count). The van der Waals surface area contributed by atoms with E-state index in [0.29, 0.717) is 12.5 Å². The van der Waals surface area contributed by atoms with E-state index in [1.165, 1.54) is 12.8 Å². The highest BCUT2D eigenvalue weighted by atomic mass is 19.1. The van der Waals surface area contributed by atoms with E-state index in [2.05, 4.69) is 17.3 Å². The Balaban J connectivity index is 2.06. The van der Waals surface area contributed by atoms with E-state index in [4.69, 9.17) is 0 Å². The van der Waals surface area contributed by atoms with E-state index in [0.717, 1.165) is 31.6 Å². The van der Waals surface area contributed by atoms with Gasteiger partial charge in [0.2, 0.25) is 0 Å². The molecular formula is C14H24FN3. The van der Waals surface area contributed by atoms with Crippen LogP contribution in [0.4, 0.5) is 4.39 Å². The molecule has 2 heterocycles. The van der Waals surface area contributed by atoms with Gasteiger partial charge >= 0.3 is 0 Å². The lowest BCUT2D eigenvalue weighted by atomic mass is 9.90. The van der Waals surface area contributed by atoms with Gasteiger partial charge in [0, 0.05) is 25.2 Å². The number of hydrogen-bond donors (Lipinski definition) is 1. The number of piperidine rings is 1. The molecule has 1 saturated heterocycles. The van der Waals surface area contributed by atoms with E-state index in [9.17, 15) is 4.39 Å². The lowest BCUT2D eigenvalue weighted by molar-refractivity contribution is 0.133. The maximum absolute atomic E-state index is 14.9. The molecule has 2 atom stereocenters. The summed E-state index contributed by atoms with van der Waals surface area (Å²) in [6.45, 7) is 5.59. The molecule has 0 saturated carbocycles. The molecule has 0 aliphatic carbocycles. The fourth-order valence-electron chi connectivity index (χ4n) is 2.83. The standard InChI is InChI=1S/C14H24FN3/c1-3-10-18-13(7-9-17-18)14(2,15)11-12-6-4-5-8-16-12/h7,9,12,16H,3-6,8,10-11H2,1-2H3. The Labute approximate surface area is 109 Å². The molecule has 0 spiro atoms. The van der Waals surface area contributed by atoms with Crippen molar-refractivity contribution in [1.29, 1.82) is 0 Å². The molecule has 0 bridgehead atoms. The molecule has 0 radical (unpaired) electrons. The number of nitrogens with zero attached hydrogens (tertiary/aromatic N) is 2. The van der Waals surface area contributed by atoms with Gasteiger partial charge in [-0.15, -0.1) is 0 Å². The lowest BCUT2D eigenvalue weighted by Gasteiger charge is -2.30. The van der Waals surface area contributed by atoms with Gasteiger partial charge in [0.15, 0.2) is 5.67 Å². The summed E-state index contributed by atoms with van der Waals surface area (Å²) in [4.78, 5) is 0. The highest BCUT2D eigenvalue weighted by Gasteiger charge is 2.33. The van der Waals surface area contributed by atoms with Crippen LogP contribution in [0.25, 0.3) is 0 Å². The number of alkyl halides is 1. The number of rotatable bonds is 5. The second-order valence-electron chi connectivity index (χ2n) is 5.49. The zero-order chi connectivity index (χ0) is 13.0. The van der Waals surface area contributed by atoms with Crippen LogP contribution >= 0.6 is 0 Å². The molecule has 18 heavy (non-hydrogen) atoms. The Morgan fingerprint density at radius 1 is 1.56 bits per heavy atom. The minimum atomic E-state index is -1.29.